The molecule has 2 fully saturated rings. The Kier molecular flexibility index (Phi) is 6.38. The quantitative estimate of drug-likeness (QED) is 0.572. The van der Waals surface area contributed by atoms with E-state index in [4.69, 9.17) is 0 Å². The van der Waals surface area contributed by atoms with Gasteiger partial charge in [-0.3, -0.25) is 19.3 Å². The predicted molar refractivity (Wildman–Crippen MR) is 105 cm³/mol. The molecule has 1 N–H and O–H groups in total. The number of carbonyl (C=O) groups is 3. The lowest BCUT2D eigenvalue weighted by molar-refractivity contribution is -0.148. The van der Waals surface area contributed by atoms with Gasteiger partial charge in [-0.2, -0.15) is 0 Å². The van der Waals surface area contributed by atoms with Crippen LogP contribution in [0.5, 0.6) is 0 Å². The smallest absolute Gasteiger partial charge is 0.243 e. The summed E-state index contributed by atoms with van der Waals surface area (Å²) >= 11 is 0. The Hall–Kier alpha value is -1.65. The van der Waals surface area contributed by atoms with Crippen LogP contribution in [0.1, 0.15) is 72.1 Å². The molecule has 27 heavy (non-hydrogen) atoms. The van der Waals surface area contributed by atoms with Crippen molar-refractivity contribution in [1.82, 2.24) is 10.2 Å². The number of allylic oxidation sites excluding steroid dienone is 2. The Morgan fingerprint density at radius 1 is 1.07 bits per heavy atom. The molecule has 3 amide bonds. The molecule has 2 aliphatic carbocycles. The van der Waals surface area contributed by atoms with Gasteiger partial charge in [-0.25, -0.2) is 0 Å². The molecular formula is C22H34N2O3. The van der Waals surface area contributed by atoms with Crippen molar-refractivity contribution in [3.05, 3.63) is 12.2 Å². The Morgan fingerprint density at radius 3 is 2.11 bits per heavy atom. The molecule has 1 saturated carbocycles. The van der Waals surface area contributed by atoms with Crippen molar-refractivity contribution in [2.75, 3.05) is 0 Å². The summed E-state index contributed by atoms with van der Waals surface area (Å²) in [6.45, 7) is 6.29. The molecule has 0 radical (unpaired) electrons. The van der Waals surface area contributed by atoms with Gasteiger partial charge in [0.05, 0.1) is 11.8 Å². The number of carbonyl (C=O) groups excluding carboxylic acids is 3. The third-order valence-corrected chi connectivity index (χ3v) is 6.62. The van der Waals surface area contributed by atoms with Crippen molar-refractivity contribution >= 4 is 17.7 Å². The highest BCUT2D eigenvalue weighted by Gasteiger charge is 2.51. The Labute approximate surface area is 162 Å². The summed E-state index contributed by atoms with van der Waals surface area (Å²) in [6.07, 6.45) is 11.2. The highest BCUT2D eigenvalue weighted by Crippen LogP contribution is 2.37. The van der Waals surface area contributed by atoms with Crippen LogP contribution in [-0.4, -0.2) is 34.7 Å². The van der Waals surface area contributed by atoms with Gasteiger partial charge in [0.25, 0.3) is 0 Å². The molecule has 0 aromatic heterocycles. The second-order valence-corrected chi connectivity index (χ2v) is 8.98. The first-order chi connectivity index (χ1) is 12.9. The molecule has 0 bridgehead atoms. The standard InChI is InChI=1S/C22H34N2O3/c1-4-15-9-11-16(12-10-15)23-20(25)19(13-14(2)3)24-21(26)17-7-5-6-8-18(17)22(24)27/h5-6,14-19H,4,7-13H2,1-3H3,(H,23,25). The topological polar surface area (TPSA) is 66.5 Å². The van der Waals surface area contributed by atoms with Gasteiger partial charge in [0, 0.05) is 6.04 Å². The van der Waals surface area contributed by atoms with Gasteiger partial charge < -0.3 is 5.32 Å². The van der Waals surface area contributed by atoms with Crippen LogP contribution in [0.3, 0.4) is 0 Å². The van der Waals surface area contributed by atoms with E-state index in [0.29, 0.717) is 19.3 Å². The van der Waals surface area contributed by atoms with Crippen molar-refractivity contribution in [3.8, 4) is 0 Å². The van der Waals surface area contributed by atoms with Gasteiger partial charge in [-0.05, 0) is 56.8 Å². The highest BCUT2D eigenvalue weighted by molar-refractivity contribution is 6.08. The lowest BCUT2D eigenvalue weighted by Gasteiger charge is -2.32. The molecule has 5 heteroatoms. The molecule has 3 atom stereocenters. The number of imide groups is 1. The van der Waals surface area contributed by atoms with Crippen LogP contribution >= 0.6 is 0 Å². The van der Waals surface area contributed by atoms with E-state index < -0.39 is 6.04 Å². The molecule has 3 rings (SSSR count). The van der Waals surface area contributed by atoms with Gasteiger partial charge >= 0.3 is 0 Å². The van der Waals surface area contributed by atoms with Crippen molar-refractivity contribution in [3.63, 3.8) is 0 Å². The number of hydrogen-bond donors (Lipinski definition) is 1. The van der Waals surface area contributed by atoms with Crippen LogP contribution in [0.25, 0.3) is 0 Å². The largest absolute Gasteiger partial charge is 0.352 e. The average Bonchev–Trinajstić information content (AvgIpc) is 2.91. The third-order valence-electron chi connectivity index (χ3n) is 6.62. The first-order valence-electron chi connectivity index (χ1n) is 10.7. The molecular weight excluding hydrogens is 340 g/mol. The van der Waals surface area contributed by atoms with Crippen LogP contribution in [0.4, 0.5) is 0 Å². The molecule has 3 unspecified atom stereocenters. The lowest BCUT2D eigenvalue weighted by Crippen LogP contribution is -2.53. The maximum Gasteiger partial charge on any atom is 0.243 e. The van der Waals surface area contributed by atoms with E-state index in [9.17, 15) is 14.4 Å². The number of rotatable bonds is 6. The van der Waals surface area contributed by atoms with E-state index >= 15 is 0 Å². The number of amides is 3. The van der Waals surface area contributed by atoms with Crippen LogP contribution in [0.2, 0.25) is 0 Å². The van der Waals surface area contributed by atoms with Crippen molar-refractivity contribution < 1.29 is 14.4 Å². The summed E-state index contributed by atoms with van der Waals surface area (Å²) in [5, 5.41) is 3.17. The fraction of sp³-hybridized carbons (Fsp3) is 0.773. The van der Waals surface area contributed by atoms with E-state index in [1.807, 2.05) is 26.0 Å². The molecule has 150 valence electrons. The SMILES string of the molecule is CCC1CCC(NC(=O)C(CC(C)C)N2C(=O)C3CC=CCC3C2=O)CC1. The minimum atomic E-state index is -0.667. The molecule has 1 heterocycles. The van der Waals surface area contributed by atoms with E-state index in [0.717, 1.165) is 31.6 Å². The van der Waals surface area contributed by atoms with Crippen molar-refractivity contribution in [1.29, 1.82) is 0 Å². The number of likely N-dealkylation sites (tertiary alicyclic amines) is 1. The maximum atomic E-state index is 13.1. The van der Waals surface area contributed by atoms with Gasteiger partial charge in [0.1, 0.15) is 6.04 Å². The summed E-state index contributed by atoms with van der Waals surface area (Å²) in [4.78, 5) is 40.3. The van der Waals surface area contributed by atoms with Crippen LogP contribution in [0.15, 0.2) is 12.2 Å². The first kappa shape index (κ1) is 20.1. The average molecular weight is 375 g/mol. The molecule has 0 aromatic rings. The van der Waals surface area contributed by atoms with Gasteiger partial charge in [-0.15, -0.1) is 0 Å². The van der Waals surface area contributed by atoms with Crippen molar-refractivity contribution in [2.24, 2.45) is 23.7 Å². The number of hydrogen-bond acceptors (Lipinski definition) is 3. The molecule has 3 aliphatic rings. The minimum Gasteiger partial charge on any atom is -0.352 e. The van der Waals surface area contributed by atoms with Gasteiger partial charge in [-0.1, -0.05) is 39.3 Å². The highest BCUT2D eigenvalue weighted by atomic mass is 16.2. The fourth-order valence-corrected chi connectivity index (χ4v) is 4.92. The summed E-state index contributed by atoms with van der Waals surface area (Å²) in [7, 11) is 0. The van der Waals surface area contributed by atoms with Gasteiger partial charge in [0.15, 0.2) is 0 Å². The fourth-order valence-electron chi connectivity index (χ4n) is 4.92. The van der Waals surface area contributed by atoms with Crippen LogP contribution in [0, 0.1) is 23.7 Å². The number of fused-ring (bicyclic) bond motifs is 1. The zero-order chi connectivity index (χ0) is 19.6. The van der Waals surface area contributed by atoms with Crippen LogP contribution < -0.4 is 5.32 Å². The summed E-state index contributed by atoms with van der Waals surface area (Å²) in [5.74, 6) is 0.0152. The normalized spacial score (nSPS) is 31.9. The zero-order valence-electron chi connectivity index (χ0n) is 16.9. The van der Waals surface area contributed by atoms with Gasteiger partial charge in [0.2, 0.25) is 17.7 Å². The summed E-state index contributed by atoms with van der Waals surface area (Å²) in [5.41, 5.74) is 0. The monoisotopic (exact) mass is 374 g/mol. The second-order valence-electron chi connectivity index (χ2n) is 8.98. The Balaban J connectivity index is 1.71. The first-order valence-corrected chi connectivity index (χ1v) is 10.7. The Morgan fingerprint density at radius 2 is 1.63 bits per heavy atom. The van der Waals surface area contributed by atoms with E-state index in [1.165, 1.54) is 11.3 Å². The molecule has 0 spiro atoms. The zero-order valence-corrected chi connectivity index (χ0v) is 16.9. The number of nitrogens with zero attached hydrogens (tertiary/aromatic N) is 1. The number of nitrogens with one attached hydrogen (secondary N) is 1. The van der Waals surface area contributed by atoms with E-state index in [1.54, 1.807) is 0 Å². The van der Waals surface area contributed by atoms with E-state index in [-0.39, 0.29) is 41.5 Å². The summed E-state index contributed by atoms with van der Waals surface area (Å²) < 4.78 is 0. The Bertz CT molecular complexity index is 579. The van der Waals surface area contributed by atoms with E-state index in [2.05, 4.69) is 12.2 Å². The van der Waals surface area contributed by atoms with Crippen LogP contribution in [-0.2, 0) is 14.4 Å². The molecule has 1 saturated heterocycles. The maximum absolute atomic E-state index is 13.1. The molecule has 1 aliphatic heterocycles. The second kappa shape index (κ2) is 8.57. The van der Waals surface area contributed by atoms with Crippen molar-refractivity contribution in [2.45, 2.75) is 84.2 Å². The third kappa shape index (κ3) is 4.27. The minimum absolute atomic E-state index is 0.142. The lowest BCUT2D eigenvalue weighted by atomic mass is 9.84. The molecule has 0 aromatic carbocycles. The predicted octanol–water partition coefficient (Wildman–Crippen LogP) is 3.44. The summed E-state index contributed by atoms with van der Waals surface area (Å²) in [6, 6.07) is -0.494. The molecule has 5 nitrogen and oxygen atoms in total.